The van der Waals surface area contributed by atoms with E-state index in [-0.39, 0.29) is 24.0 Å². The number of nitrogens with zero attached hydrogens (tertiary/aromatic N) is 4. The summed E-state index contributed by atoms with van der Waals surface area (Å²) in [7, 11) is 0. The summed E-state index contributed by atoms with van der Waals surface area (Å²) < 4.78 is 20.4. The first-order valence-electron chi connectivity index (χ1n) is 10.3. The lowest BCUT2D eigenvalue weighted by Crippen LogP contribution is -2.25. The number of thiazole rings is 1. The number of anilines is 1. The maximum absolute atomic E-state index is 13.3. The number of benzene rings is 3. The number of carbonyl (C=O) groups is 1. The molecule has 3 aromatic carbocycles. The van der Waals surface area contributed by atoms with Crippen LogP contribution in [0.1, 0.15) is 5.56 Å². The Balaban J connectivity index is 1.59. The topological polar surface area (TPSA) is 111 Å². The van der Waals surface area contributed by atoms with Gasteiger partial charge in [0.15, 0.2) is 6.61 Å². The molecule has 1 aliphatic rings. The van der Waals surface area contributed by atoms with Gasteiger partial charge in [-0.05, 0) is 60.2 Å². The van der Waals surface area contributed by atoms with Gasteiger partial charge in [0, 0.05) is 23.1 Å². The van der Waals surface area contributed by atoms with E-state index in [0.29, 0.717) is 33.2 Å². The van der Waals surface area contributed by atoms with Gasteiger partial charge in [-0.1, -0.05) is 0 Å². The van der Waals surface area contributed by atoms with E-state index in [1.165, 1.54) is 35.6 Å². The maximum atomic E-state index is 13.3. The van der Waals surface area contributed by atoms with Crippen LogP contribution < -0.4 is 14.9 Å². The van der Waals surface area contributed by atoms with Gasteiger partial charge in [0.2, 0.25) is 4.80 Å². The van der Waals surface area contributed by atoms with E-state index >= 15 is 0 Å². The second kappa shape index (κ2) is 9.31. The second-order valence-corrected chi connectivity index (χ2v) is 8.28. The summed E-state index contributed by atoms with van der Waals surface area (Å²) in [4.78, 5) is 27.3. The first-order valence-corrected chi connectivity index (χ1v) is 11.2. The molecule has 35 heavy (non-hydrogen) atoms. The number of carbonyl (C=O) groups excluding carboxylic acids is 1. The number of nitro groups is 1. The van der Waals surface area contributed by atoms with Gasteiger partial charge < -0.3 is 10.1 Å². The number of ether oxygens (including phenoxy) is 1. The third-order valence-electron chi connectivity index (χ3n) is 5.07. The van der Waals surface area contributed by atoms with Crippen molar-refractivity contribution in [2.45, 2.75) is 0 Å². The molecule has 0 aliphatic carbocycles. The molecule has 0 fully saturated rings. The lowest BCUT2D eigenvalue weighted by atomic mass is 10.1. The van der Waals surface area contributed by atoms with E-state index in [9.17, 15) is 19.3 Å². The zero-order valence-corrected chi connectivity index (χ0v) is 18.7. The fraction of sp³-hybridized carbons (Fsp3) is 0.0417. The fourth-order valence-electron chi connectivity index (χ4n) is 3.36. The molecule has 0 saturated heterocycles. The smallest absolute Gasteiger partial charge is 0.269 e. The van der Waals surface area contributed by atoms with Crippen molar-refractivity contribution in [3.8, 4) is 17.0 Å². The summed E-state index contributed by atoms with van der Waals surface area (Å²) in [5, 5.41) is 20.1. The molecule has 0 atom stereocenters. The Kier molecular flexibility index (Phi) is 5.90. The highest BCUT2D eigenvalue weighted by molar-refractivity contribution is 7.07. The third-order valence-corrected chi connectivity index (χ3v) is 5.89. The molecule has 5 rings (SSSR count). The van der Waals surface area contributed by atoms with Crippen LogP contribution in [-0.2, 0) is 4.79 Å². The molecule has 1 aliphatic heterocycles. The molecule has 0 radical (unpaired) electrons. The number of hydrogen-bond donors (Lipinski definition) is 1. The average Bonchev–Trinajstić information content (AvgIpc) is 3.26. The molecule has 1 amide bonds. The summed E-state index contributed by atoms with van der Waals surface area (Å²) in [5.74, 6) is -0.0324. The maximum Gasteiger partial charge on any atom is 0.269 e. The summed E-state index contributed by atoms with van der Waals surface area (Å²) in [6.07, 6.45) is 1.56. The van der Waals surface area contributed by atoms with Crippen LogP contribution in [0.15, 0.2) is 82.2 Å². The molecule has 0 saturated carbocycles. The normalized spacial score (nSPS) is 13.4. The highest BCUT2D eigenvalue weighted by Crippen LogP contribution is 2.33. The number of hydrogen-bond acceptors (Lipinski definition) is 7. The molecule has 0 spiro atoms. The van der Waals surface area contributed by atoms with Crippen molar-refractivity contribution in [3.63, 3.8) is 0 Å². The quantitative estimate of drug-likeness (QED) is 0.249. The van der Waals surface area contributed by atoms with Crippen molar-refractivity contribution in [3.05, 3.63) is 98.4 Å². The number of amides is 1. The molecule has 11 heteroatoms. The van der Waals surface area contributed by atoms with Crippen molar-refractivity contribution in [2.24, 2.45) is 10.1 Å². The molecular formula is C24H16FN5O4S. The van der Waals surface area contributed by atoms with Gasteiger partial charge in [0.05, 0.1) is 28.2 Å². The zero-order valence-electron chi connectivity index (χ0n) is 17.9. The van der Waals surface area contributed by atoms with E-state index < -0.39 is 4.92 Å². The molecule has 1 N–H and O–H groups in total. The van der Waals surface area contributed by atoms with Crippen LogP contribution in [0.4, 0.5) is 21.5 Å². The molecule has 2 heterocycles. The first-order chi connectivity index (χ1) is 17.0. The Bertz CT molecular complexity index is 1530. The lowest BCUT2D eigenvalue weighted by Gasteiger charge is -2.18. The molecule has 174 valence electrons. The van der Waals surface area contributed by atoms with E-state index in [4.69, 9.17) is 4.74 Å². The highest BCUT2D eigenvalue weighted by Gasteiger charge is 2.18. The summed E-state index contributed by atoms with van der Waals surface area (Å²) >= 11 is 1.33. The van der Waals surface area contributed by atoms with Crippen LogP contribution >= 0.6 is 11.3 Å². The van der Waals surface area contributed by atoms with E-state index in [0.717, 1.165) is 5.56 Å². The minimum atomic E-state index is -0.467. The van der Waals surface area contributed by atoms with E-state index in [2.05, 4.69) is 15.4 Å². The predicted octanol–water partition coefficient (Wildman–Crippen LogP) is 4.71. The van der Waals surface area contributed by atoms with Crippen LogP contribution in [-0.4, -0.2) is 28.3 Å². The average molecular weight is 489 g/mol. The Morgan fingerprint density at radius 2 is 1.89 bits per heavy atom. The minimum Gasteiger partial charge on any atom is -0.482 e. The molecule has 0 bridgehead atoms. The Morgan fingerprint density at radius 3 is 2.63 bits per heavy atom. The number of nitro benzene ring substituents is 1. The van der Waals surface area contributed by atoms with Crippen molar-refractivity contribution in [2.75, 3.05) is 11.9 Å². The summed E-state index contributed by atoms with van der Waals surface area (Å²) in [5.41, 5.74) is 3.18. The van der Waals surface area contributed by atoms with Gasteiger partial charge in [-0.2, -0.15) is 5.10 Å². The van der Waals surface area contributed by atoms with Crippen molar-refractivity contribution in [1.82, 2.24) is 4.68 Å². The number of aromatic nitrogens is 1. The van der Waals surface area contributed by atoms with Crippen LogP contribution in [0.5, 0.6) is 5.75 Å². The Hall–Kier alpha value is -4.64. The molecule has 9 nitrogen and oxygen atoms in total. The van der Waals surface area contributed by atoms with E-state index in [1.807, 2.05) is 11.4 Å². The lowest BCUT2D eigenvalue weighted by molar-refractivity contribution is -0.384. The Morgan fingerprint density at radius 1 is 1.11 bits per heavy atom. The van der Waals surface area contributed by atoms with Gasteiger partial charge in [-0.25, -0.2) is 14.1 Å². The fourth-order valence-corrected chi connectivity index (χ4v) is 4.22. The number of rotatable bonds is 5. The predicted molar refractivity (Wildman–Crippen MR) is 130 cm³/mol. The van der Waals surface area contributed by atoms with Gasteiger partial charge in [-0.3, -0.25) is 14.9 Å². The molecule has 4 aromatic rings. The summed E-state index contributed by atoms with van der Waals surface area (Å²) in [6.45, 7) is -0.0367. The molecule has 0 unspecified atom stereocenters. The molecule has 1 aromatic heterocycles. The third kappa shape index (κ3) is 4.84. The van der Waals surface area contributed by atoms with Crippen LogP contribution in [0.25, 0.3) is 11.3 Å². The number of fused-ring (bicyclic) bond motifs is 1. The van der Waals surface area contributed by atoms with Crippen LogP contribution in [0.3, 0.4) is 0 Å². The van der Waals surface area contributed by atoms with Crippen molar-refractivity contribution in [1.29, 1.82) is 0 Å². The highest BCUT2D eigenvalue weighted by atomic mass is 32.1. The van der Waals surface area contributed by atoms with Gasteiger partial charge in [-0.15, -0.1) is 11.3 Å². The van der Waals surface area contributed by atoms with Gasteiger partial charge >= 0.3 is 0 Å². The SMILES string of the molecule is O=C1COc2ccc(-c3csc(=Nc4ccc(F)cc4)n3N=Cc3ccc([N+](=O)[O-])cc3)cc2N1. The van der Waals surface area contributed by atoms with Gasteiger partial charge in [0.25, 0.3) is 11.6 Å². The first kappa shape index (κ1) is 22.2. The largest absolute Gasteiger partial charge is 0.482 e. The standard InChI is InChI=1S/C24H16FN5O4S/c25-17-4-6-18(7-5-17)27-24-29(26-12-15-1-8-19(9-2-15)30(32)33)21(14-35-24)16-3-10-22-20(11-16)28-23(31)13-34-22/h1-12,14H,13H2,(H,28,31). The van der Waals surface area contributed by atoms with Crippen LogP contribution in [0, 0.1) is 15.9 Å². The zero-order chi connectivity index (χ0) is 24.4. The van der Waals surface area contributed by atoms with E-state index in [1.54, 1.807) is 47.3 Å². The van der Waals surface area contributed by atoms with Crippen molar-refractivity contribution < 1.29 is 18.8 Å². The number of non-ortho nitro benzene ring substituents is 1. The van der Waals surface area contributed by atoms with Crippen LogP contribution in [0.2, 0.25) is 0 Å². The molecular weight excluding hydrogens is 473 g/mol. The van der Waals surface area contributed by atoms with Crippen molar-refractivity contribution >= 4 is 40.5 Å². The number of halogens is 1. The second-order valence-electron chi connectivity index (χ2n) is 7.44. The Labute approximate surface area is 201 Å². The van der Waals surface area contributed by atoms with Gasteiger partial charge in [0.1, 0.15) is 11.6 Å². The number of nitrogens with one attached hydrogen (secondary N) is 1. The monoisotopic (exact) mass is 489 g/mol. The minimum absolute atomic E-state index is 0.0173. The summed E-state index contributed by atoms with van der Waals surface area (Å²) in [6, 6.07) is 17.2.